The van der Waals surface area contributed by atoms with Crippen molar-refractivity contribution in [2.45, 2.75) is 0 Å². The Hall–Kier alpha value is -2.49. The minimum Gasteiger partial charge on any atom is -0.478 e. The van der Waals surface area contributed by atoms with Gasteiger partial charge in [0.1, 0.15) is 11.6 Å². The molecule has 0 aliphatic rings. The summed E-state index contributed by atoms with van der Waals surface area (Å²) in [4.78, 5) is 10.5. The summed E-state index contributed by atoms with van der Waals surface area (Å²) in [5.74, 6) is -2.02. The van der Waals surface area contributed by atoms with Gasteiger partial charge in [-0.15, -0.1) is 0 Å². The van der Waals surface area contributed by atoms with Crippen molar-refractivity contribution in [1.29, 1.82) is 0 Å². The second-order valence-electron chi connectivity index (χ2n) is 3.88. The number of carboxylic acid groups (broad SMARTS) is 1. The predicted molar refractivity (Wildman–Crippen MR) is 68.5 cm³/mol. The summed E-state index contributed by atoms with van der Waals surface area (Å²) in [7, 11) is 0. The zero-order valence-corrected chi connectivity index (χ0v) is 9.81. The first-order chi connectivity index (χ1) is 9.08. The molecule has 2 aromatic carbocycles. The molecule has 0 aliphatic carbocycles. The van der Waals surface area contributed by atoms with Crippen LogP contribution in [-0.4, -0.2) is 11.1 Å². The van der Waals surface area contributed by atoms with E-state index < -0.39 is 17.6 Å². The smallest absolute Gasteiger partial charge is 0.328 e. The molecular weight excluding hydrogens is 250 g/mol. The zero-order valence-electron chi connectivity index (χ0n) is 9.81. The lowest BCUT2D eigenvalue weighted by Crippen LogP contribution is -1.91. The van der Waals surface area contributed by atoms with Gasteiger partial charge in [-0.3, -0.25) is 0 Å². The van der Waals surface area contributed by atoms with Crippen LogP contribution < -0.4 is 0 Å². The molecule has 0 saturated heterocycles. The van der Waals surface area contributed by atoms with Crippen molar-refractivity contribution in [3.8, 4) is 11.1 Å². The van der Waals surface area contributed by atoms with Crippen LogP contribution in [0.2, 0.25) is 0 Å². The maximum Gasteiger partial charge on any atom is 0.328 e. The highest BCUT2D eigenvalue weighted by Crippen LogP contribution is 2.28. The Bertz CT molecular complexity index is 631. The van der Waals surface area contributed by atoms with E-state index in [0.29, 0.717) is 11.1 Å². The number of rotatable bonds is 3. The van der Waals surface area contributed by atoms with Crippen molar-refractivity contribution < 1.29 is 18.7 Å². The van der Waals surface area contributed by atoms with E-state index >= 15 is 0 Å². The Morgan fingerprint density at radius 3 is 2.37 bits per heavy atom. The van der Waals surface area contributed by atoms with Crippen LogP contribution in [0.5, 0.6) is 0 Å². The standard InChI is InChI=1S/C15H10F2O2/c16-12-7-4-11(5-8-12)15-10(6-9-14(18)19)2-1-3-13(15)17/h1-9H,(H,18,19)/b9-6+. The first-order valence-electron chi connectivity index (χ1n) is 5.53. The SMILES string of the molecule is O=C(O)/C=C/c1cccc(F)c1-c1ccc(F)cc1. The molecular formula is C15H10F2O2. The highest BCUT2D eigenvalue weighted by molar-refractivity contribution is 5.88. The molecule has 4 heteroatoms. The molecule has 0 spiro atoms. The number of hydrogen-bond acceptors (Lipinski definition) is 1. The molecule has 0 radical (unpaired) electrons. The van der Waals surface area contributed by atoms with E-state index in [1.165, 1.54) is 42.5 Å². The molecule has 19 heavy (non-hydrogen) atoms. The van der Waals surface area contributed by atoms with Crippen LogP contribution in [0.1, 0.15) is 5.56 Å². The summed E-state index contributed by atoms with van der Waals surface area (Å²) in [5.41, 5.74) is 1.17. The zero-order chi connectivity index (χ0) is 13.8. The lowest BCUT2D eigenvalue weighted by Gasteiger charge is -2.07. The lowest BCUT2D eigenvalue weighted by atomic mass is 9.98. The van der Waals surface area contributed by atoms with E-state index in [4.69, 9.17) is 5.11 Å². The van der Waals surface area contributed by atoms with E-state index in [9.17, 15) is 13.6 Å². The van der Waals surface area contributed by atoms with Gasteiger partial charge in [0.2, 0.25) is 0 Å². The Morgan fingerprint density at radius 1 is 1.05 bits per heavy atom. The average molecular weight is 260 g/mol. The number of aliphatic carboxylic acids is 1. The third kappa shape index (κ3) is 3.04. The molecule has 0 aromatic heterocycles. The quantitative estimate of drug-likeness (QED) is 0.854. The molecule has 0 saturated carbocycles. The van der Waals surface area contributed by atoms with Gasteiger partial charge in [0.05, 0.1) is 0 Å². The van der Waals surface area contributed by atoms with Crippen molar-refractivity contribution in [2.24, 2.45) is 0 Å². The number of carbonyl (C=O) groups is 1. The molecule has 0 amide bonds. The number of carboxylic acids is 1. The number of benzene rings is 2. The fourth-order valence-electron chi connectivity index (χ4n) is 1.76. The Morgan fingerprint density at radius 2 is 1.74 bits per heavy atom. The molecule has 0 atom stereocenters. The molecule has 0 unspecified atom stereocenters. The van der Waals surface area contributed by atoms with Crippen molar-refractivity contribution in [1.82, 2.24) is 0 Å². The molecule has 0 heterocycles. The maximum absolute atomic E-state index is 13.9. The van der Waals surface area contributed by atoms with Crippen molar-refractivity contribution in [3.63, 3.8) is 0 Å². The summed E-state index contributed by atoms with van der Waals surface area (Å²) in [6.07, 6.45) is 2.24. The molecule has 0 aliphatic heterocycles. The van der Waals surface area contributed by atoms with Gasteiger partial charge in [0.15, 0.2) is 0 Å². The second-order valence-corrected chi connectivity index (χ2v) is 3.88. The summed E-state index contributed by atoms with van der Waals surface area (Å²) >= 11 is 0. The second kappa shape index (κ2) is 5.44. The van der Waals surface area contributed by atoms with E-state index in [1.54, 1.807) is 6.07 Å². The van der Waals surface area contributed by atoms with Gasteiger partial charge in [-0.2, -0.15) is 0 Å². The predicted octanol–water partition coefficient (Wildman–Crippen LogP) is 3.73. The van der Waals surface area contributed by atoms with E-state index in [0.717, 1.165) is 6.08 Å². The highest BCUT2D eigenvalue weighted by Gasteiger charge is 2.09. The molecule has 2 rings (SSSR count). The third-order valence-corrected chi connectivity index (χ3v) is 2.58. The van der Waals surface area contributed by atoms with Gasteiger partial charge in [-0.1, -0.05) is 24.3 Å². The van der Waals surface area contributed by atoms with Gasteiger partial charge in [-0.05, 0) is 35.4 Å². The van der Waals surface area contributed by atoms with Gasteiger partial charge < -0.3 is 5.11 Å². The van der Waals surface area contributed by atoms with Crippen LogP contribution in [0.25, 0.3) is 17.2 Å². The topological polar surface area (TPSA) is 37.3 Å². The molecule has 0 fully saturated rings. The Balaban J connectivity index is 2.55. The van der Waals surface area contributed by atoms with Crippen molar-refractivity contribution in [3.05, 3.63) is 65.7 Å². The summed E-state index contributed by atoms with van der Waals surface area (Å²) in [6.45, 7) is 0. The van der Waals surface area contributed by atoms with Crippen LogP contribution in [0.3, 0.4) is 0 Å². The van der Waals surface area contributed by atoms with Gasteiger partial charge in [0, 0.05) is 11.6 Å². The lowest BCUT2D eigenvalue weighted by molar-refractivity contribution is -0.131. The fourth-order valence-corrected chi connectivity index (χ4v) is 1.76. The molecule has 2 nitrogen and oxygen atoms in total. The van der Waals surface area contributed by atoms with Crippen LogP contribution in [-0.2, 0) is 4.79 Å². The average Bonchev–Trinajstić information content (AvgIpc) is 2.38. The van der Waals surface area contributed by atoms with Gasteiger partial charge >= 0.3 is 5.97 Å². The van der Waals surface area contributed by atoms with Crippen molar-refractivity contribution in [2.75, 3.05) is 0 Å². The normalized spacial score (nSPS) is 10.8. The van der Waals surface area contributed by atoms with Crippen LogP contribution in [0, 0.1) is 11.6 Å². The first kappa shape index (κ1) is 13.0. The fraction of sp³-hybridized carbons (Fsp3) is 0. The Kier molecular flexibility index (Phi) is 3.71. The van der Waals surface area contributed by atoms with Crippen LogP contribution in [0.15, 0.2) is 48.5 Å². The summed E-state index contributed by atoms with van der Waals surface area (Å²) < 4.78 is 26.8. The third-order valence-electron chi connectivity index (χ3n) is 2.58. The molecule has 0 bridgehead atoms. The number of halogens is 2. The minimum atomic E-state index is -1.12. The van der Waals surface area contributed by atoms with Crippen LogP contribution in [0.4, 0.5) is 8.78 Å². The van der Waals surface area contributed by atoms with Gasteiger partial charge in [-0.25, -0.2) is 13.6 Å². The molecule has 2 aromatic rings. The van der Waals surface area contributed by atoms with E-state index in [-0.39, 0.29) is 5.56 Å². The van der Waals surface area contributed by atoms with Crippen LogP contribution >= 0.6 is 0 Å². The molecule has 96 valence electrons. The largest absolute Gasteiger partial charge is 0.478 e. The maximum atomic E-state index is 13.9. The van der Waals surface area contributed by atoms with Gasteiger partial charge in [0.25, 0.3) is 0 Å². The Labute approximate surface area is 108 Å². The monoisotopic (exact) mass is 260 g/mol. The van der Waals surface area contributed by atoms with E-state index in [1.807, 2.05) is 0 Å². The summed E-state index contributed by atoms with van der Waals surface area (Å²) in [5, 5.41) is 8.61. The highest BCUT2D eigenvalue weighted by atomic mass is 19.1. The summed E-state index contributed by atoms with van der Waals surface area (Å²) in [6, 6.07) is 9.72. The first-order valence-corrected chi connectivity index (χ1v) is 5.53. The minimum absolute atomic E-state index is 0.250. The molecule has 1 N–H and O–H groups in total. The number of hydrogen-bond donors (Lipinski definition) is 1. The van der Waals surface area contributed by atoms with E-state index in [2.05, 4.69) is 0 Å². The van der Waals surface area contributed by atoms with Crippen molar-refractivity contribution >= 4 is 12.0 Å².